The zero-order valence-electron chi connectivity index (χ0n) is 6.87. The zero-order chi connectivity index (χ0) is 8.72. The molecule has 0 unspecified atom stereocenters. The molecule has 0 aromatic carbocycles. The highest BCUT2D eigenvalue weighted by Gasteiger charge is 2.04. The minimum Gasteiger partial charge on any atom is -0.317 e. The van der Waals surface area contributed by atoms with Crippen molar-refractivity contribution in [2.24, 2.45) is 7.05 Å². The van der Waals surface area contributed by atoms with Crippen LogP contribution in [0.1, 0.15) is 5.56 Å². The third-order valence-electron chi connectivity index (χ3n) is 1.95. The van der Waals surface area contributed by atoms with Gasteiger partial charge in [-0.3, -0.25) is 4.79 Å². The molecular weight excluding hydrogens is 172 g/mol. The summed E-state index contributed by atoms with van der Waals surface area (Å²) in [6.45, 7) is 1.83. The van der Waals surface area contributed by atoms with Crippen LogP contribution in [0.3, 0.4) is 0 Å². The van der Waals surface area contributed by atoms with Gasteiger partial charge in [-0.25, -0.2) is 0 Å². The van der Waals surface area contributed by atoms with Crippen LogP contribution in [0.5, 0.6) is 0 Å². The van der Waals surface area contributed by atoms with Gasteiger partial charge in [-0.15, -0.1) is 0 Å². The van der Waals surface area contributed by atoms with E-state index in [0.717, 1.165) is 15.6 Å². The smallest absolute Gasteiger partial charge is 0.253 e. The first-order valence-corrected chi connectivity index (χ1v) is 4.38. The van der Waals surface area contributed by atoms with Gasteiger partial charge in [0.05, 0.1) is 4.70 Å². The van der Waals surface area contributed by atoms with Crippen molar-refractivity contribution >= 4 is 21.6 Å². The van der Waals surface area contributed by atoms with Crippen LogP contribution in [0.25, 0.3) is 10.1 Å². The largest absolute Gasteiger partial charge is 0.317 e. The van der Waals surface area contributed by atoms with Crippen LogP contribution in [0.2, 0.25) is 0 Å². The van der Waals surface area contributed by atoms with E-state index in [1.807, 2.05) is 13.1 Å². The lowest BCUT2D eigenvalue weighted by atomic mass is 10.2. The van der Waals surface area contributed by atoms with Gasteiger partial charge in [-0.05, 0) is 18.5 Å². The first-order chi connectivity index (χ1) is 5.70. The van der Waals surface area contributed by atoms with E-state index in [0.29, 0.717) is 0 Å². The van der Waals surface area contributed by atoms with Crippen molar-refractivity contribution in [3.05, 3.63) is 28.3 Å². The number of hydrogen-bond donors (Lipinski definition) is 0. The van der Waals surface area contributed by atoms with Gasteiger partial charge in [0.1, 0.15) is 0 Å². The number of nitrogens with zero attached hydrogens (tertiary/aromatic N) is 2. The van der Waals surface area contributed by atoms with Gasteiger partial charge < -0.3 is 4.57 Å². The Morgan fingerprint density at radius 1 is 1.58 bits per heavy atom. The van der Waals surface area contributed by atoms with Gasteiger partial charge in [0.2, 0.25) is 0 Å². The highest BCUT2D eigenvalue weighted by Crippen LogP contribution is 2.17. The van der Waals surface area contributed by atoms with Gasteiger partial charge in [0, 0.05) is 30.4 Å². The molecule has 0 radical (unpaired) electrons. The lowest BCUT2D eigenvalue weighted by Gasteiger charge is -1.98. The number of pyridine rings is 1. The molecule has 3 nitrogen and oxygen atoms in total. The van der Waals surface area contributed by atoms with E-state index >= 15 is 0 Å². The molecule has 0 amide bonds. The summed E-state index contributed by atoms with van der Waals surface area (Å²) < 4.78 is 6.69. The summed E-state index contributed by atoms with van der Waals surface area (Å²) in [7, 11) is 1.76. The van der Waals surface area contributed by atoms with Crippen molar-refractivity contribution < 1.29 is 0 Å². The molecule has 0 atom stereocenters. The van der Waals surface area contributed by atoms with Crippen LogP contribution in [0.4, 0.5) is 0 Å². The fourth-order valence-corrected chi connectivity index (χ4v) is 2.02. The maximum Gasteiger partial charge on any atom is 0.253 e. The Balaban J connectivity index is 3.05. The monoisotopic (exact) mass is 180 g/mol. The molecule has 0 aliphatic carbocycles. The van der Waals surface area contributed by atoms with Gasteiger partial charge in [-0.1, -0.05) is 0 Å². The second-order valence-corrected chi connectivity index (χ2v) is 3.61. The topological polar surface area (TPSA) is 34.9 Å². The first-order valence-electron chi connectivity index (χ1n) is 3.61. The average molecular weight is 180 g/mol. The fraction of sp³-hybridized carbons (Fsp3) is 0.250. The summed E-state index contributed by atoms with van der Waals surface area (Å²) in [4.78, 5) is 11.4. The van der Waals surface area contributed by atoms with Crippen molar-refractivity contribution in [2.75, 3.05) is 0 Å². The fourth-order valence-electron chi connectivity index (χ4n) is 1.24. The Kier molecular flexibility index (Phi) is 1.51. The summed E-state index contributed by atoms with van der Waals surface area (Å²) in [6, 6.07) is 0. The lowest BCUT2D eigenvalue weighted by Crippen LogP contribution is -2.17. The molecule has 0 fully saturated rings. The lowest BCUT2D eigenvalue weighted by molar-refractivity contribution is 0.861. The minimum atomic E-state index is 0.0581. The van der Waals surface area contributed by atoms with Crippen LogP contribution < -0.4 is 5.56 Å². The molecule has 0 saturated carbocycles. The van der Waals surface area contributed by atoms with E-state index in [2.05, 4.69) is 4.37 Å². The maximum atomic E-state index is 11.4. The number of hydrogen-bond acceptors (Lipinski definition) is 3. The zero-order valence-corrected chi connectivity index (χ0v) is 7.68. The van der Waals surface area contributed by atoms with Crippen molar-refractivity contribution in [2.45, 2.75) is 6.92 Å². The van der Waals surface area contributed by atoms with Gasteiger partial charge in [-0.2, -0.15) is 4.37 Å². The summed E-state index contributed by atoms with van der Waals surface area (Å²) in [6.07, 6.45) is 3.57. The van der Waals surface area contributed by atoms with E-state index in [4.69, 9.17) is 0 Å². The molecule has 0 aliphatic heterocycles. The standard InChI is InChI=1S/C8H8N2OS/c1-5-6-3-9-12-7(6)4-10(2)8(5)11/h3-4H,1-2H3. The molecule has 2 aromatic rings. The quantitative estimate of drug-likeness (QED) is 0.612. The third kappa shape index (κ3) is 0.881. The molecule has 2 heterocycles. The van der Waals surface area contributed by atoms with E-state index in [9.17, 15) is 4.79 Å². The van der Waals surface area contributed by atoms with Crippen LogP contribution in [0.15, 0.2) is 17.2 Å². The maximum absolute atomic E-state index is 11.4. The van der Waals surface area contributed by atoms with Gasteiger partial charge in [0.15, 0.2) is 0 Å². The summed E-state index contributed by atoms with van der Waals surface area (Å²) in [5.41, 5.74) is 0.839. The Morgan fingerprint density at radius 2 is 2.33 bits per heavy atom. The van der Waals surface area contributed by atoms with E-state index in [-0.39, 0.29) is 5.56 Å². The van der Waals surface area contributed by atoms with E-state index in [1.54, 1.807) is 17.8 Å². The van der Waals surface area contributed by atoms with Crippen LogP contribution in [-0.4, -0.2) is 8.94 Å². The Labute approximate surface area is 73.4 Å². The molecule has 0 spiro atoms. The highest BCUT2D eigenvalue weighted by molar-refractivity contribution is 7.13. The number of aromatic nitrogens is 2. The molecular formula is C8H8N2OS. The van der Waals surface area contributed by atoms with E-state index in [1.165, 1.54) is 11.5 Å². The molecule has 2 rings (SSSR count). The average Bonchev–Trinajstić information content (AvgIpc) is 2.48. The predicted octanol–water partition coefficient (Wildman–Crippen LogP) is 1.30. The summed E-state index contributed by atoms with van der Waals surface area (Å²) in [5, 5.41) is 0.975. The Morgan fingerprint density at radius 3 is 3.08 bits per heavy atom. The molecule has 2 aromatic heterocycles. The van der Waals surface area contributed by atoms with Crippen LogP contribution in [-0.2, 0) is 7.05 Å². The van der Waals surface area contributed by atoms with Crippen molar-refractivity contribution in [1.29, 1.82) is 0 Å². The molecule has 4 heteroatoms. The van der Waals surface area contributed by atoms with Crippen molar-refractivity contribution in [3.8, 4) is 0 Å². The van der Waals surface area contributed by atoms with Crippen LogP contribution in [0, 0.1) is 6.92 Å². The van der Waals surface area contributed by atoms with Crippen LogP contribution >= 0.6 is 11.5 Å². The predicted molar refractivity (Wildman–Crippen MR) is 49.6 cm³/mol. The Bertz CT molecular complexity index is 483. The second kappa shape index (κ2) is 2.42. The minimum absolute atomic E-state index is 0.0581. The van der Waals surface area contributed by atoms with Gasteiger partial charge in [0.25, 0.3) is 5.56 Å². The molecule has 0 N–H and O–H groups in total. The van der Waals surface area contributed by atoms with E-state index < -0.39 is 0 Å². The normalized spacial score (nSPS) is 10.8. The number of aryl methyl sites for hydroxylation is 2. The summed E-state index contributed by atoms with van der Waals surface area (Å²) in [5.74, 6) is 0. The number of fused-ring (bicyclic) bond motifs is 1. The molecule has 0 saturated heterocycles. The summed E-state index contributed by atoms with van der Waals surface area (Å²) >= 11 is 1.41. The second-order valence-electron chi connectivity index (χ2n) is 2.77. The first kappa shape index (κ1) is 7.49. The Hall–Kier alpha value is -1.16. The SMILES string of the molecule is Cc1c(=O)n(C)cc2sncc12. The van der Waals surface area contributed by atoms with Crippen molar-refractivity contribution in [3.63, 3.8) is 0 Å². The molecule has 62 valence electrons. The van der Waals surface area contributed by atoms with Gasteiger partial charge >= 0.3 is 0 Å². The highest BCUT2D eigenvalue weighted by atomic mass is 32.1. The number of rotatable bonds is 0. The van der Waals surface area contributed by atoms with Crippen molar-refractivity contribution in [1.82, 2.24) is 8.94 Å². The third-order valence-corrected chi connectivity index (χ3v) is 2.69. The molecule has 0 aliphatic rings. The molecule has 0 bridgehead atoms. The molecule has 12 heavy (non-hydrogen) atoms.